The van der Waals surface area contributed by atoms with Crippen LogP contribution in [-0.4, -0.2) is 45.9 Å². The first-order valence-corrected chi connectivity index (χ1v) is 6.54. The SMILES string of the molecule is Cc1nc(-c2ccnn2C)cc(N2CCNCC2)n1. The smallest absolute Gasteiger partial charge is 0.133 e. The lowest BCUT2D eigenvalue weighted by Crippen LogP contribution is -2.44. The summed E-state index contributed by atoms with van der Waals surface area (Å²) in [5.41, 5.74) is 1.95. The number of aryl methyl sites for hydroxylation is 2. The Morgan fingerprint density at radius 1 is 1.21 bits per heavy atom. The van der Waals surface area contributed by atoms with Crippen molar-refractivity contribution in [3.63, 3.8) is 0 Å². The summed E-state index contributed by atoms with van der Waals surface area (Å²) in [5.74, 6) is 1.80. The van der Waals surface area contributed by atoms with Crippen LogP contribution in [0.1, 0.15) is 5.82 Å². The minimum absolute atomic E-state index is 0.798. The number of hydrogen-bond donors (Lipinski definition) is 1. The Hall–Kier alpha value is -1.95. The highest BCUT2D eigenvalue weighted by molar-refractivity contribution is 5.59. The number of piperazine rings is 1. The van der Waals surface area contributed by atoms with Gasteiger partial charge in [-0.3, -0.25) is 4.68 Å². The van der Waals surface area contributed by atoms with E-state index in [4.69, 9.17) is 0 Å². The second kappa shape index (κ2) is 4.97. The molecule has 2 aromatic heterocycles. The molecule has 0 aliphatic carbocycles. The monoisotopic (exact) mass is 258 g/mol. The summed E-state index contributed by atoms with van der Waals surface area (Å²) in [6, 6.07) is 4.03. The van der Waals surface area contributed by atoms with Crippen LogP contribution in [0.3, 0.4) is 0 Å². The Kier molecular flexibility index (Phi) is 3.16. The molecule has 0 radical (unpaired) electrons. The lowest BCUT2D eigenvalue weighted by Gasteiger charge is -2.28. The van der Waals surface area contributed by atoms with E-state index in [-0.39, 0.29) is 0 Å². The Morgan fingerprint density at radius 2 is 2.00 bits per heavy atom. The normalized spacial score (nSPS) is 15.8. The van der Waals surface area contributed by atoms with E-state index in [1.165, 1.54) is 0 Å². The minimum atomic E-state index is 0.798. The zero-order valence-corrected chi connectivity index (χ0v) is 11.3. The third-order valence-electron chi connectivity index (χ3n) is 3.35. The third kappa shape index (κ3) is 2.44. The van der Waals surface area contributed by atoms with Crippen LogP contribution in [0.4, 0.5) is 5.82 Å². The fourth-order valence-corrected chi connectivity index (χ4v) is 2.36. The minimum Gasteiger partial charge on any atom is -0.354 e. The molecule has 0 aromatic carbocycles. The van der Waals surface area contributed by atoms with Crippen molar-refractivity contribution >= 4 is 5.82 Å². The summed E-state index contributed by atoms with van der Waals surface area (Å²) in [6.07, 6.45) is 1.79. The highest BCUT2D eigenvalue weighted by Crippen LogP contribution is 2.21. The highest BCUT2D eigenvalue weighted by atomic mass is 15.3. The van der Waals surface area contributed by atoms with Gasteiger partial charge in [-0.05, 0) is 13.0 Å². The molecule has 1 N–H and O–H groups in total. The topological polar surface area (TPSA) is 58.9 Å². The van der Waals surface area contributed by atoms with Crippen LogP contribution in [-0.2, 0) is 7.05 Å². The average Bonchev–Trinajstić information content (AvgIpc) is 2.85. The van der Waals surface area contributed by atoms with Gasteiger partial charge in [0.15, 0.2) is 0 Å². The van der Waals surface area contributed by atoms with Gasteiger partial charge in [0, 0.05) is 45.5 Å². The Labute approximate surface area is 112 Å². The van der Waals surface area contributed by atoms with E-state index >= 15 is 0 Å². The molecule has 0 bridgehead atoms. The van der Waals surface area contributed by atoms with Crippen molar-refractivity contribution in [1.29, 1.82) is 0 Å². The molecule has 6 heteroatoms. The molecule has 0 atom stereocenters. The van der Waals surface area contributed by atoms with Crippen LogP contribution < -0.4 is 10.2 Å². The molecule has 1 aliphatic rings. The molecule has 3 rings (SSSR count). The first kappa shape index (κ1) is 12.1. The largest absolute Gasteiger partial charge is 0.354 e. The van der Waals surface area contributed by atoms with Crippen molar-refractivity contribution < 1.29 is 0 Å². The summed E-state index contributed by atoms with van der Waals surface area (Å²) in [5, 5.41) is 7.55. The molecule has 0 unspecified atom stereocenters. The fourth-order valence-electron chi connectivity index (χ4n) is 2.36. The van der Waals surface area contributed by atoms with Crippen LogP contribution in [0, 0.1) is 6.92 Å². The zero-order chi connectivity index (χ0) is 13.2. The Balaban J connectivity index is 1.98. The van der Waals surface area contributed by atoms with Crippen molar-refractivity contribution in [2.45, 2.75) is 6.92 Å². The molecular formula is C13H18N6. The molecular weight excluding hydrogens is 240 g/mol. The van der Waals surface area contributed by atoms with Crippen LogP contribution >= 0.6 is 0 Å². The van der Waals surface area contributed by atoms with Gasteiger partial charge in [-0.2, -0.15) is 5.10 Å². The summed E-state index contributed by atoms with van der Waals surface area (Å²) < 4.78 is 1.84. The second-order valence-electron chi connectivity index (χ2n) is 4.74. The van der Waals surface area contributed by atoms with E-state index in [0.717, 1.165) is 49.2 Å². The van der Waals surface area contributed by atoms with Gasteiger partial charge in [0.05, 0.1) is 11.4 Å². The number of anilines is 1. The number of rotatable bonds is 2. The van der Waals surface area contributed by atoms with Gasteiger partial charge in [0.1, 0.15) is 11.6 Å². The maximum absolute atomic E-state index is 4.55. The fraction of sp³-hybridized carbons (Fsp3) is 0.462. The van der Waals surface area contributed by atoms with Crippen LogP contribution in [0.2, 0.25) is 0 Å². The maximum atomic E-state index is 4.55. The van der Waals surface area contributed by atoms with E-state index in [9.17, 15) is 0 Å². The van der Waals surface area contributed by atoms with E-state index < -0.39 is 0 Å². The standard InChI is InChI=1S/C13H18N6/c1-10-16-11(12-3-4-15-18(12)2)9-13(17-10)19-7-5-14-6-8-19/h3-4,9,14H,5-8H2,1-2H3. The van der Waals surface area contributed by atoms with Crippen molar-refractivity contribution in [3.8, 4) is 11.4 Å². The lowest BCUT2D eigenvalue weighted by atomic mass is 10.2. The third-order valence-corrected chi connectivity index (χ3v) is 3.35. The molecule has 1 aliphatic heterocycles. The Morgan fingerprint density at radius 3 is 2.68 bits per heavy atom. The lowest BCUT2D eigenvalue weighted by molar-refractivity contribution is 0.584. The number of nitrogens with zero attached hydrogens (tertiary/aromatic N) is 5. The van der Waals surface area contributed by atoms with E-state index in [2.05, 4.69) is 31.3 Å². The summed E-state index contributed by atoms with van der Waals surface area (Å²) in [4.78, 5) is 11.4. The molecule has 19 heavy (non-hydrogen) atoms. The summed E-state index contributed by atoms with van der Waals surface area (Å²) >= 11 is 0. The van der Waals surface area contributed by atoms with Crippen molar-refractivity contribution in [1.82, 2.24) is 25.1 Å². The van der Waals surface area contributed by atoms with Gasteiger partial charge in [0.2, 0.25) is 0 Å². The molecule has 2 aromatic rings. The van der Waals surface area contributed by atoms with Gasteiger partial charge in [-0.1, -0.05) is 0 Å². The zero-order valence-electron chi connectivity index (χ0n) is 11.3. The van der Waals surface area contributed by atoms with Crippen LogP contribution in [0.15, 0.2) is 18.3 Å². The average molecular weight is 258 g/mol. The van der Waals surface area contributed by atoms with Gasteiger partial charge in [0.25, 0.3) is 0 Å². The molecule has 0 saturated carbocycles. The molecule has 0 amide bonds. The van der Waals surface area contributed by atoms with Gasteiger partial charge >= 0.3 is 0 Å². The number of nitrogens with one attached hydrogen (secondary N) is 1. The molecule has 0 spiro atoms. The highest BCUT2D eigenvalue weighted by Gasteiger charge is 2.14. The molecule has 1 fully saturated rings. The number of hydrogen-bond acceptors (Lipinski definition) is 5. The van der Waals surface area contributed by atoms with E-state index in [1.54, 1.807) is 6.20 Å². The van der Waals surface area contributed by atoms with Crippen molar-refractivity contribution in [2.75, 3.05) is 31.1 Å². The van der Waals surface area contributed by atoms with E-state index in [1.807, 2.05) is 24.7 Å². The van der Waals surface area contributed by atoms with Gasteiger partial charge < -0.3 is 10.2 Å². The van der Waals surface area contributed by atoms with Crippen LogP contribution in [0.25, 0.3) is 11.4 Å². The molecule has 3 heterocycles. The molecule has 1 saturated heterocycles. The molecule has 6 nitrogen and oxygen atoms in total. The summed E-state index contributed by atoms with van der Waals surface area (Å²) in [7, 11) is 1.93. The first-order valence-electron chi connectivity index (χ1n) is 6.54. The van der Waals surface area contributed by atoms with Crippen molar-refractivity contribution in [3.05, 3.63) is 24.2 Å². The summed E-state index contributed by atoms with van der Waals surface area (Å²) in [6.45, 7) is 5.92. The molecule has 100 valence electrons. The first-order chi connectivity index (χ1) is 9.24. The Bertz CT molecular complexity index is 570. The number of aromatic nitrogens is 4. The maximum Gasteiger partial charge on any atom is 0.133 e. The predicted molar refractivity (Wildman–Crippen MR) is 74.1 cm³/mol. The van der Waals surface area contributed by atoms with E-state index in [0.29, 0.717) is 0 Å². The van der Waals surface area contributed by atoms with Crippen LogP contribution in [0.5, 0.6) is 0 Å². The van der Waals surface area contributed by atoms with Crippen molar-refractivity contribution in [2.24, 2.45) is 7.05 Å². The van der Waals surface area contributed by atoms with Gasteiger partial charge in [-0.15, -0.1) is 0 Å². The quantitative estimate of drug-likeness (QED) is 0.854. The second-order valence-corrected chi connectivity index (χ2v) is 4.74. The predicted octanol–water partition coefficient (Wildman–Crippen LogP) is 0.595. The van der Waals surface area contributed by atoms with Gasteiger partial charge in [-0.25, -0.2) is 9.97 Å².